The molecule has 125 valence electrons. The van der Waals surface area contributed by atoms with Crippen molar-refractivity contribution >= 4 is 10.5 Å². The Labute approximate surface area is 134 Å². The first kappa shape index (κ1) is 21.1. The Hall–Kier alpha value is 0.0569. The molecule has 0 heterocycles. The number of hydrogen-bond donors (Lipinski definition) is 1. The van der Waals surface area contributed by atoms with E-state index in [2.05, 4.69) is 26.9 Å². The number of hydroxylamine groups is 2. The second-order valence-electron chi connectivity index (χ2n) is 5.83. The van der Waals surface area contributed by atoms with E-state index in [1.165, 1.54) is 77.0 Å². The summed E-state index contributed by atoms with van der Waals surface area (Å²) in [4.78, 5) is 3.98. The Balaban J connectivity index is 3.02. The summed E-state index contributed by atoms with van der Waals surface area (Å²) in [7, 11) is 2.81. The standard InChI is InChI=1S/C16H34NO3Si/c1-2-3-4-5-6-7-8-9-10-11-12-13-14-15-16-17(19-18)20-21/h18H,2-16H2,1H3. The molecule has 0 aliphatic carbocycles. The van der Waals surface area contributed by atoms with Gasteiger partial charge in [0.05, 0.1) is 6.54 Å². The van der Waals surface area contributed by atoms with Crippen molar-refractivity contribution in [1.29, 1.82) is 0 Å². The highest BCUT2D eigenvalue weighted by atomic mass is 28.2. The van der Waals surface area contributed by atoms with Crippen molar-refractivity contribution in [3.63, 3.8) is 0 Å². The van der Waals surface area contributed by atoms with E-state index < -0.39 is 0 Å². The molecule has 4 nitrogen and oxygen atoms in total. The number of unbranched alkanes of at least 4 members (excludes halogenated alkanes) is 13. The zero-order chi connectivity index (χ0) is 15.6. The number of nitrogens with zero attached hydrogens (tertiary/aromatic N) is 1. The molecule has 0 aromatic carbocycles. The van der Waals surface area contributed by atoms with Gasteiger partial charge < -0.3 is 4.53 Å². The molecule has 0 fully saturated rings. The van der Waals surface area contributed by atoms with Gasteiger partial charge in [-0.2, -0.15) is 0 Å². The molecular formula is C16H34NO3Si. The first-order chi connectivity index (χ1) is 10.3. The molecule has 5 heteroatoms. The van der Waals surface area contributed by atoms with Gasteiger partial charge in [-0.25, -0.2) is 5.26 Å². The molecule has 0 unspecified atom stereocenters. The van der Waals surface area contributed by atoms with Crippen LogP contribution < -0.4 is 0 Å². The van der Waals surface area contributed by atoms with Crippen molar-refractivity contribution in [2.45, 2.75) is 96.8 Å². The highest BCUT2D eigenvalue weighted by Gasteiger charge is 2.01. The van der Waals surface area contributed by atoms with Gasteiger partial charge in [0.25, 0.3) is 10.5 Å². The van der Waals surface area contributed by atoms with Crippen LogP contribution in [0.3, 0.4) is 0 Å². The van der Waals surface area contributed by atoms with E-state index in [9.17, 15) is 0 Å². The van der Waals surface area contributed by atoms with Crippen molar-refractivity contribution in [2.75, 3.05) is 6.54 Å². The van der Waals surface area contributed by atoms with Crippen LogP contribution in [0.1, 0.15) is 96.8 Å². The highest BCUT2D eigenvalue weighted by Crippen LogP contribution is 2.13. The lowest BCUT2D eigenvalue weighted by Gasteiger charge is -2.13. The Morgan fingerprint density at radius 1 is 0.714 bits per heavy atom. The summed E-state index contributed by atoms with van der Waals surface area (Å²) >= 11 is 0. The maximum Gasteiger partial charge on any atom is 0.284 e. The molecule has 0 rings (SSSR count). The van der Waals surface area contributed by atoms with Crippen LogP contribution in [-0.4, -0.2) is 27.5 Å². The smallest absolute Gasteiger partial charge is 0.284 e. The zero-order valence-corrected chi connectivity index (χ0v) is 14.8. The van der Waals surface area contributed by atoms with Gasteiger partial charge in [0, 0.05) is 0 Å². The summed E-state index contributed by atoms with van der Waals surface area (Å²) < 4.78 is 4.58. The third-order valence-corrected chi connectivity index (χ3v) is 4.09. The molecule has 0 atom stereocenters. The summed E-state index contributed by atoms with van der Waals surface area (Å²) in [5.74, 6) is 0. The van der Waals surface area contributed by atoms with E-state index in [4.69, 9.17) is 5.26 Å². The first-order valence-corrected chi connectivity index (χ1v) is 9.18. The second kappa shape index (κ2) is 18.1. The van der Waals surface area contributed by atoms with Crippen LogP contribution in [0.5, 0.6) is 0 Å². The molecule has 0 saturated carbocycles. The quantitative estimate of drug-likeness (QED) is 0.173. The Morgan fingerprint density at radius 2 is 1.10 bits per heavy atom. The van der Waals surface area contributed by atoms with Gasteiger partial charge in [0.1, 0.15) is 0 Å². The van der Waals surface area contributed by atoms with Crippen molar-refractivity contribution < 1.29 is 14.8 Å². The van der Waals surface area contributed by atoms with Gasteiger partial charge in [-0.15, -0.1) is 4.99 Å². The van der Waals surface area contributed by atoms with Crippen LogP contribution >= 0.6 is 0 Å². The molecule has 0 aliphatic rings. The third-order valence-electron chi connectivity index (χ3n) is 3.89. The summed E-state index contributed by atoms with van der Waals surface area (Å²) in [5, 5.41) is 9.41. The van der Waals surface area contributed by atoms with Crippen molar-refractivity contribution in [3.8, 4) is 0 Å². The van der Waals surface area contributed by atoms with Gasteiger partial charge in [-0.3, -0.25) is 0 Å². The molecule has 0 bridgehead atoms. The van der Waals surface area contributed by atoms with Crippen molar-refractivity contribution in [1.82, 2.24) is 5.23 Å². The minimum Gasteiger partial charge on any atom is -0.321 e. The highest BCUT2D eigenvalue weighted by molar-refractivity contribution is 5.97. The molecule has 0 aromatic rings. The molecule has 0 aromatic heterocycles. The SMILES string of the molecule is CCCCCCCCCCCCCCCCN(OO)O[Si]. The largest absolute Gasteiger partial charge is 0.321 e. The summed E-state index contributed by atoms with van der Waals surface area (Å²) in [6.07, 6.45) is 18.7. The molecule has 0 aliphatic heterocycles. The van der Waals surface area contributed by atoms with Crippen LogP contribution in [-0.2, 0) is 9.52 Å². The van der Waals surface area contributed by atoms with Crippen molar-refractivity contribution in [2.24, 2.45) is 0 Å². The van der Waals surface area contributed by atoms with E-state index in [0.29, 0.717) is 6.54 Å². The fourth-order valence-electron chi connectivity index (χ4n) is 2.54. The van der Waals surface area contributed by atoms with Crippen LogP contribution in [0, 0.1) is 0 Å². The zero-order valence-electron chi connectivity index (χ0n) is 13.8. The predicted octanol–water partition coefficient (Wildman–Crippen LogP) is 5.19. The summed E-state index contributed by atoms with van der Waals surface area (Å²) in [6.45, 7) is 2.84. The lowest BCUT2D eigenvalue weighted by molar-refractivity contribution is -0.479. The maximum atomic E-state index is 8.40. The predicted molar refractivity (Wildman–Crippen MR) is 87.6 cm³/mol. The van der Waals surface area contributed by atoms with Gasteiger partial charge in [0.15, 0.2) is 0 Å². The van der Waals surface area contributed by atoms with Crippen LogP contribution in [0.4, 0.5) is 0 Å². The first-order valence-electron chi connectivity index (χ1n) is 8.78. The monoisotopic (exact) mass is 316 g/mol. The van der Waals surface area contributed by atoms with E-state index in [0.717, 1.165) is 18.1 Å². The molecule has 1 N–H and O–H groups in total. The number of hydrogen-bond acceptors (Lipinski definition) is 4. The van der Waals surface area contributed by atoms with Crippen molar-refractivity contribution in [3.05, 3.63) is 0 Å². The van der Waals surface area contributed by atoms with E-state index in [1.807, 2.05) is 0 Å². The minimum atomic E-state index is 0.567. The molecular weight excluding hydrogens is 282 g/mol. The maximum absolute atomic E-state index is 8.40. The lowest BCUT2D eigenvalue weighted by Crippen LogP contribution is -2.22. The van der Waals surface area contributed by atoms with E-state index in [-0.39, 0.29) is 0 Å². The van der Waals surface area contributed by atoms with E-state index >= 15 is 0 Å². The summed E-state index contributed by atoms with van der Waals surface area (Å²) in [6, 6.07) is 0. The second-order valence-corrected chi connectivity index (χ2v) is 6.01. The fraction of sp³-hybridized carbons (Fsp3) is 1.00. The van der Waals surface area contributed by atoms with Gasteiger partial charge in [-0.1, -0.05) is 90.4 Å². The topological polar surface area (TPSA) is 41.9 Å². The Kier molecular flexibility index (Phi) is 18.2. The summed E-state index contributed by atoms with van der Waals surface area (Å²) in [5.41, 5.74) is 0. The number of rotatable bonds is 17. The van der Waals surface area contributed by atoms with Crippen LogP contribution in [0.25, 0.3) is 0 Å². The van der Waals surface area contributed by atoms with Gasteiger partial charge >= 0.3 is 0 Å². The minimum absolute atomic E-state index is 0.567. The molecule has 3 radical (unpaired) electrons. The fourth-order valence-corrected chi connectivity index (χ4v) is 2.66. The lowest BCUT2D eigenvalue weighted by atomic mass is 10.0. The molecule has 21 heavy (non-hydrogen) atoms. The Bertz CT molecular complexity index is 192. The van der Waals surface area contributed by atoms with Crippen LogP contribution in [0.2, 0.25) is 0 Å². The average molecular weight is 317 g/mol. The molecule has 0 spiro atoms. The van der Waals surface area contributed by atoms with Gasteiger partial charge in [-0.05, 0) is 11.6 Å². The van der Waals surface area contributed by atoms with Gasteiger partial charge in [0.2, 0.25) is 0 Å². The van der Waals surface area contributed by atoms with Crippen LogP contribution in [0.15, 0.2) is 0 Å². The Morgan fingerprint density at radius 3 is 1.43 bits per heavy atom. The molecule has 0 amide bonds. The normalized spacial score (nSPS) is 11.4. The average Bonchev–Trinajstić information content (AvgIpc) is 2.51. The van der Waals surface area contributed by atoms with E-state index in [1.54, 1.807) is 0 Å². The third kappa shape index (κ3) is 16.3. The molecule has 0 saturated heterocycles.